The largest absolute Gasteiger partial charge is 0.411 e. The molecule has 0 amide bonds. The van der Waals surface area contributed by atoms with Crippen molar-refractivity contribution in [2.24, 2.45) is 45.8 Å². The molecule has 2 bridgehead atoms. The van der Waals surface area contributed by atoms with E-state index in [1.54, 1.807) is 0 Å². The lowest BCUT2D eigenvalue weighted by atomic mass is 9.79. The van der Waals surface area contributed by atoms with Crippen molar-refractivity contribution < 1.29 is 10.4 Å². The Balaban J connectivity index is 1.87. The molecule has 15 heavy (non-hydrogen) atoms. The fraction of sp³-hybridized carbons (Fsp3) is 0.818. The predicted molar refractivity (Wildman–Crippen MR) is 53.2 cm³/mol. The molecule has 4 saturated carbocycles. The Hall–Kier alpha value is -1.06. The van der Waals surface area contributed by atoms with Crippen molar-refractivity contribution in [1.82, 2.24) is 0 Å². The highest BCUT2D eigenvalue weighted by Crippen LogP contribution is 2.68. The van der Waals surface area contributed by atoms with E-state index in [-0.39, 0.29) is 0 Å². The number of nitrogens with zero attached hydrogens (tertiary/aromatic N) is 2. The molecule has 0 aromatic heterocycles. The van der Waals surface area contributed by atoms with Crippen LogP contribution in [-0.2, 0) is 0 Å². The maximum atomic E-state index is 9.02. The highest BCUT2D eigenvalue weighted by Gasteiger charge is 2.67. The summed E-state index contributed by atoms with van der Waals surface area (Å²) in [5.74, 6) is 3.65. The Bertz CT molecular complexity index is 350. The van der Waals surface area contributed by atoms with Crippen LogP contribution in [0.25, 0.3) is 0 Å². The molecule has 4 aliphatic carbocycles. The summed E-state index contributed by atoms with van der Waals surface area (Å²) in [7, 11) is 0. The monoisotopic (exact) mass is 206 g/mol. The van der Waals surface area contributed by atoms with E-state index in [0.717, 1.165) is 36.1 Å². The van der Waals surface area contributed by atoms with Crippen molar-refractivity contribution in [3.63, 3.8) is 0 Å². The molecule has 80 valence electrons. The molecule has 0 unspecified atom stereocenters. The molecule has 4 heteroatoms. The van der Waals surface area contributed by atoms with Crippen LogP contribution in [0.5, 0.6) is 0 Å². The summed E-state index contributed by atoms with van der Waals surface area (Å²) >= 11 is 0. The summed E-state index contributed by atoms with van der Waals surface area (Å²) in [5.41, 5.74) is 1.95. The van der Waals surface area contributed by atoms with Crippen LogP contribution in [0.15, 0.2) is 10.3 Å². The third kappa shape index (κ3) is 0.703. The molecule has 4 nitrogen and oxygen atoms in total. The number of fused-ring (bicyclic) bond motifs is 2. The standard InChI is InChI=1S/C11H14N2O2/c14-12-8-2-4-5-3-9(13-15)11-7(5)1-6(4)10(8)11/h4-7,10-11,14-15H,1-3H2/b12-8+,13-9+/t4-,5-,6-,7+,10-,11-/m1/s1. The molecule has 0 spiro atoms. The van der Waals surface area contributed by atoms with Crippen LogP contribution in [0.2, 0.25) is 0 Å². The summed E-state index contributed by atoms with van der Waals surface area (Å²) in [6.45, 7) is 0. The van der Waals surface area contributed by atoms with Crippen LogP contribution in [-0.4, -0.2) is 21.8 Å². The van der Waals surface area contributed by atoms with E-state index in [9.17, 15) is 0 Å². The summed E-state index contributed by atoms with van der Waals surface area (Å²) in [6.07, 6.45) is 3.24. The van der Waals surface area contributed by atoms with E-state index in [1.807, 2.05) is 0 Å². The number of hydrogen-bond acceptors (Lipinski definition) is 4. The van der Waals surface area contributed by atoms with Gasteiger partial charge in [-0.3, -0.25) is 0 Å². The minimum absolute atomic E-state index is 0.398. The van der Waals surface area contributed by atoms with E-state index in [2.05, 4.69) is 10.3 Å². The third-order valence-electron chi connectivity index (χ3n) is 5.42. The van der Waals surface area contributed by atoms with Crippen molar-refractivity contribution in [1.29, 1.82) is 0 Å². The Kier molecular flexibility index (Phi) is 1.28. The molecular weight excluding hydrogens is 192 g/mol. The summed E-state index contributed by atoms with van der Waals surface area (Å²) in [6, 6.07) is 0. The lowest BCUT2D eigenvalue weighted by Crippen LogP contribution is -2.26. The zero-order valence-corrected chi connectivity index (χ0v) is 8.37. The van der Waals surface area contributed by atoms with Crippen LogP contribution in [0.3, 0.4) is 0 Å². The first-order valence-corrected chi connectivity index (χ1v) is 5.76. The van der Waals surface area contributed by atoms with Crippen molar-refractivity contribution in [3.8, 4) is 0 Å². The van der Waals surface area contributed by atoms with Gasteiger partial charge < -0.3 is 10.4 Å². The molecule has 4 fully saturated rings. The quantitative estimate of drug-likeness (QED) is 0.466. The van der Waals surface area contributed by atoms with E-state index >= 15 is 0 Å². The molecule has 6 atom stereocenters. The maximum absolute atomic E-state index is 9.02. The lowest BCUT2D eigenvalue weighted by Gasteiger charge is -2.24. The Morgan fingerprint density at radius 1 is 0.800 bits per heavy atom. The Labute approximate surface area is 87.7 Å². The predicted octanol–water partition coefficient (Wildman–Crippen LogP) is 1.57. The highest BCUT2D eigenvalue weighted by molar-refractivity contribution is 6.00. The van der Waals surface area contributed by atoms with E-state index < -0.39 is 0 Å². The van der Waals surface area contributed by atoms with Gasteiger partial charge in [0.1, 0.15) is 0 Å². The summed E-state index contributed by atoms with van der Waals surface area (Å²) in [5, 5.41) is 25.0. The van der Waals surface area contributed by atoms with Gasteiger partial charge in [-0.2, -0.15) is 0 Å². The molecule has 0 aromatic carbocycles. The second-order valence-corrected chi connectivity index (χ2v) is 5.53. The third-order valence-corrected chi connectivity index (χ3v) is 5.42. The van der Waals surface area contributed by atoms with E-state index in [1.165, 1.54) is 6.42 Å². The zero-order valence-electron chi connectivity index (χ0n) is 8.37. The van der Waals surface area contributed by atoms with Gasteiger partial charge in [0.15, 0.2) is 0 Å². The zero-order chi connectivity index (χ0) is 10.2. The van der Waals surface area contributed by atoms with Gasteiger partial charge in [-0.05, 0) is 42.9 Å². The van der Waals surface area contributed by atoms with Crippen molar-refractivity contribution in [2.45, 2.75) is 19.3 Å². The molecule has 0 aromatic rings. The number of oxime groups is 2. The highest BCUT2D eigenvalue weighted by atomic mass is 16.4. The van der Waals surface area contributed by atoms with Crippen molar-refractivity contribution in [3.05, 3.63) is 0 Å². The molecule has 0 aliphatic heterocycles. The second-order valence-electron chi connectivity index (χ2n) is 5.53. The molecule has 4 rings (SSSR count). The van der Waals surface area contributed by atoms with Gasteiger partial charge in [0.05, 0.1) is 11.4 Å². The average molecular weight is 206 g/mol. The van der Waals surface area contributed by atoms with E-state index in [0.29, 0.717) is 23.7 Å². The van der Waals surface area contributed by atoms with E-state index in [4.69, 9.17) is 10.4 Å². The maximum Gasteiger partial charge on any atom is 0.0614 e. The Morgan fingerprint density at radius 3 is 1.67 bits per heavy atom. The van der Waals surface area contributed by atoms with Gasteiger partial charge in [-0.1, -0.05) is 10.3 Å². The van der Waals surface area contributed by atoms with Gasteiger partial charge in [0, 0.05) is 11.8 Å². The fourth-order valence-electron chi connectivity index (χ4n) is 5.14. The molecule has 4 aliphatic rings. The molecular formula is C11H14N2O2. The van der Waals surface area contributed by atoms with Gasteiger partial charge in [0.25, 0.3) is 0 Å². The molecule has 0 radical (unpaired) electrons. The normalized spacial score (nSPS) is 60.0. The first-order chi connectivity index (χ1) is 7.35. The SMILES string of the molecule is O/N=C1\C[C@@H]2[C@H]3C/C(=N\O)[C@H]4[C@H]3C[C@H]2[C@H]14. The lowest BCUT2D eigenvalue weighted by molar-refractivity contribution is 0.240. The van der Waals surface area contributed by atoms with Crippen molar-refractivity contribution in [2.75, 3.05) is 0 Å². The first kappa shape index (κ1) is 8.13. The van der Waals surface area contributed by atoms with Gasteiger partial charge >= 0.3 is 0 Å². The fourth-order valence-corrected chi connectivity index (χ4v) is 5.14. The molecule has 2 N–H and O–H groups in total. The van der Waals surface area contributed by atoms with Crippen LogP contribution < -0.4 is 0 Å². The van der Waals surface area contributed by atoms with Gasteiger partial charge in [-0.15, -0.1) is 0 Å². The van der Waals surface area contributed by atoms with Crippen LogP contribution in [0.4, 0.5) is 0 Å². The van der Waals surface area contributed by atoms with Crippen LogP contribution in [0.1, 0.15) is 19.3 Å². The smallest absolute Gasteiger partial charge is 0.0614 e. The number of hydrogen-bond donors (Lipinski definition) is 2. The Morgan fingerprint density at radius 2 is 1.27 bits per heavy atom. The van der Waals surface area contributed by atoms with Gasteiger partial charge in [-0.25, -0.2) is 0 Å². The molecule has 0 heterocycles. The van der Waals surface area contributed by atoms with Crippen molar-refractivity contribution >= 4 is 11.4 Å². The average Bonchev–Trinajstić information content (AvgIpc) is 2.83. The first-order valence-electron chi connectivity index (χ1n) is 5.76. The topological polar surface area (TPSA) is 65.2 Å². The number of rotatable bonds is 0. The minimum Gasteiger partial charge on any atom is -0.411 e. The summed E-state index contributed by atoms with van der Waals surface area (Å²) < 4.78 is 0. The van der Waals surface area contributed by atoms with Gasteiger partial charge in [0.2, 0.25) is 0 Å². The van der Waals surface area contributed by atoms with Crippen LogP contribution in [0, 0.1) is 35.5 Å². The minimum atomic E-state index is 0.398. The second kappa shape index (κ2) is 2.36. The van der Waals surface area contributed by atoms with Crippen LogP contribution >= 0.6 is 0 Å². The molecule has 0 saturated heterocycles. The summed E-state index contributed by atoms with van der Waals surface area (Å²) in [4.78, 5) is 0.